The second-order valence-corrected chi connectivity index (χ2v) is 8.38. The van der Waals surface area contributed by atoms with Crippen LogP contribution < -0.4 is 5.73 Å². The van der Waals surface area contributed by atoms with E-state index in [2.05, 4.69) is 24.3 Å². The zero-order valence-electron chi connectivity index (χ0n) is 15.3. The molecule has 0 radical (unpaired) electrons. The SMILES string of the molecule is N[C@@H](CSC(Cc1ccccc1)(c1ccccc1)c1cccc(Cl)c1)C(=O)O. The lowest BCUT2D eigenvalue weighted by molar-refractivity contribution is -0.137. The zero-order chi connectivity index (χ0) is 20.0. The number of rotatable bonds is 8. The maximum absolute atomic E-state index is 11.3. The van der Waals surface area contributed by atoms with Gasteiger partial charge in [0, 0.05) is 10.8 Å². The van der Waals surface area contributed by atoms with Crippen LogP contribution in [0.2, 0.25) is 5.02 Å². The number of carboxylic acids is 1. The summed E-state index contributed by atoms with van der Waals surface area (Å²) in [4.78, 5) is 11.3. The van der Waals surface area contributed by atoms with Gasteiger partial charge in [0.15, 0.2) is 0 Å². The van der Waals surface area contributed by atoms with Gasteiger partial charge >= 0.3 is 5.97 Å². The van der Waals surface area contributed by atoms with E-state index < -0.39 is 16.8 Å². The maximum atomic E-state index is 11.3. The molecule has 5 heteroatoms. The molecular weight excluding hydrogens is 390 g/mol. The lowest BCUT2D eigenvalue weighted by Crippen LogP contribution is -2.36. The molecule has 1 unspecified atom stereocenters. The predicted molar refractivity (Wildman–Crippen MR) is 117 cm³/mol. The minimum absolute atomic E-state index is 0.281. The highest BCUT2D eigenvalue weighted by molar-refractivity contribution is 8.00. The van der Waals surface area contributed by atoms with Crippen LogP contribution in [0.25, 0.3) is 0 Å². The smallest absolute Gasteiger partial charge is 0.321 e. The molecule has 0 fully saturated rings. The molecule has 0 aliphatic carbocycles. The first kappa shape index (κ1) is 20.5. The van der Waals surface area contributed by atoms with Gasteiger partial charge in [0.05, 0.1) is 4.75 Å². The molecule has 3 N–H and O–H groups in total. The van der Waals surface area contributed by atoms with E-state index >= 15 is 0 Å². The van der Waals surface area contributed by atoms with Crippen molar-refractivity contribution in [3.63, 3.8) is 0 Å². The van der Waals surface area contributed by atoms with E-state index in [4.69, 9.17) is 17.3 Å². The van der Waals surface area contributed by atoms with Crippen molar-refractivity contribution >= 4 is 29.3 Å². The van der Waals surface area contributed by atoms with Crippen molar-refractivity contribution in [3.8, 4) is 0 Å². The predicted octanol–water partition coefficient (Wildman–Crippen LogP) is 4.97. The summed E-state index contributed by atoms with van der Waals surface area (Å²) < 4.78 is -0.513. The highest BCUT2D eigenvalue weighted by Crippen LogP contribution is 2.46. The summed E-state index contributed by atoms with van der Waals surface area (Å²) >= 11 is 7.88. The minimum Gasteiger partial charge on any atom is -0.480 e. The van der Waals surface area contributed by atoms with Gasteiger partial charge in [-0.2, -0.15) is 0 Å². The van der Waals surface area contributed by atoms with Crippen molar-refractivity contribution in [2.45, 2.75) is 17.2 Å². The van der Waals surface area contributed by atoms with Crippen LogP contribution in [0, 0.1) is 0 Å². The first-order valence-corrected chi connectivity index (χ1v) is 10.4. The van der Waals surface area contributed by atoms with Crippen LogP contribution >= 0.6 is 23.4 Å². The van der Waals surface area contributed by atoms with Gasteiger partial charge in [-0.1, -0.05) is 84.4 Å². The fourth-order valence-corrected chi connectivity index (χ4v) is 4.88. The summed E-state index contributed by atoms with van der Waals surface area (Å²) in [6, 6.07) is 27.1. The molecule has 0 saturated carbocycles. The molecule has 0 aliphatic heterocycles. The fraction of sp³-hybridized carbons (Fsp3) is 0.174. The van der Waals surface area contributed by atoms with Crippen LogP contribution in [0.5, 0.6) is 0 Å². The molecule has 2 atom stereocenters. The number of halogens is 1. The number of nitrogens with two attached hydrogens (primary N) is 1. The molecule has 3 aromatic carbocycles. The van der Waals surface area contributed by atoms with Crippen LogP contribution in [-0.4, -0.2) is 22.9 Å². The van der Waals surface area contributed by atoms with Gasteiger partial charge in [-0.15, -0.1) is 11.8 Å². The number of hydrogen-bond acceptors (Lipinski definition) is 3. The quantitative estimate of drug-likeness (QED) is 0.549. The van der Waals surface area contributed by atoms with Crippen molar-refractivity contribution in [3.05, 3.63) is 107 Å². The Labute approximate surface area is 174 Å². The number of thioether (sulfide) groups is 1. The van der Waals surface area contributed by atoms with E-state index in [0.717, 1.165) is 16.7 Å². The van der Waals surface area contributed by atoms with Gasteiger partial charge in [-0.25, -0.2) is 0 Å². The van der Waals surface area contributed by atoms with Crippen LogP contribution in [0.3, 0.4) is 0 Å². The van der Waals surface area contributed by atoms with Gasteiger partial charge in [0.1, 0.15) is 6.04 Å². The molecular formula is C23H22ClNO2S. The third kappa shape index (κ3) is 4.76. The van der Waals surface area contributed by atoms with Crippen molar-refractivity contribution in [2.75, 3.05) is 5.75 Å². The van der Waals surface area contributed by atoms with E-state index in [0.29, 0.717) is 11.4 Å². The molecule has 0 heterocycles. The molecule has 0 aliphatic rings. The molecule has 3 nitrogen and oxygen atoms in total. The Morgan fingerprint density at radius 3 is 2.18 bits per heavy atom. The monoisotopic (exact) mass is 411 g/mol. The molecule has 0 amide bonds. The third-order valence-corrected chi connectivity index (χ3v) is 6.52. The Balaban J connectivity index is 2.14. The lowest BCUT2D eigenvalue weighted by Gasteiger charge is -2.35. The topological polar surface area (TPSA) is 63.3 Å². The van der Waals surface area contributed by atoms with Crippen molar-refractivity contribution < 1.29 is 9.90 Å². The molecule has 0 aromatic heterocycles. The highest BCUT2D eigenvalue weighted by Gasteiger charge is 2.36. The first-order chi connectivity index (χ1) is 13.5. The summed E-state index contributed by atoms with van der Waals surface area (Å²) in [5, 5.41) is 9.94. The Morgan fingerprint density at radius 1 is 0.964 bits per heavy atom. The number of carbonyl (C=O) groups is 1. The van der Waals surface area contributed by atoms with Crippen LogP contribution in [0.1, 0.15) is 16.7 Å². The summed E-state index contributed by atoms with van der Waals surface area (Å²) in [6.45, 7) is 0. The number of hydrogen-bond donors (Lipinski definition) is 2. The van der Waals surface area contributed by atoms with Crippen LogP contribution in [-0.2, 0) is 16.0 Å². The number of benzene rings is 3. The van der Waals surface area contributed by atoms with E-state index in [1.54, 1.807) is 11.8 Å². The molecule has 0 bridgehead atoms. The van der Waals surface area contributed by atoms with Gasteiger partial charge in [-0.3, -0.25) is 4.79 Å². The summed E-state index contributed by atoms with van der Waals surface area (Å²) in [5.41, 5.74) is 9.12. The van der Waals surface area contributed by atoms with Crippen molar-refractivity contribution in [2.24, 2.45) is 5.73 Å². The standard InChI is InChI=1S/C23H22ClNO2S/c24-20-13-7-12-19(14-20)23(18-10-5-2-6-11-18,28-16-21(25)22(26)27)15-17-8-3-1-4-9-17/h1-14,21H,15-16,25H2,(H,26,27)/t21-,23?/m0/s1. The van der Waals surface area contributed by atoms with Crippen LogP contribution in [0.15, 0.2) is 84.9 Å². The third-order valence-electron chi connectivity index (χ3n) is 4.65. The van der Waals surface area contributed by atoms with Gasteiger partial charge in [0.25, 0.3) is 0 Å². The van der Waals surface area contributed by atoms with Crippen LogP contribution in [0.4, 0.5) is 0 Å². The number of carboxylic acid groups (broad SMARTS) is 1. The van der Waals surface area contributed by atoms with E-state index in [1.165, 1.54) is 0 Å². The van der Waals surface area contributed by atoms with Gasteiger partial charge < -0.3 is 10.8 Å². The first-order valence-electron chi connectivity index (χ1n) is 8.99. The minimum atomic E-state index is -1.000. The average molecular weight is 412 g/mol. The van der Waals surface area contributed by atoms with Gasteiger partial charge in [-0.05, 0) is 35.2 Å². The normalized spacial score (nSPS) is 14.2. The second kappa shape index (κ2) is 9.28. The van der Waals surface area contributed by atoms with Crippen molar-refractivity contribution in [1.82, 2.24) is 0 Å². The van der Waals surface area contributed by atoms with E-state index in [9.17, 15) is 9.90 Å². The zero-order valence-corrected chi connectivity index (χ0v) is 16.9. The summed E-state index contributed by atoms with van der Waals surface area (Å²) in [5.74, 6) is -0.718. The molecule has 0 saturated heterocycles. The second-order valence-electron chi connectivity index (χ2n) is 6.62. The Morgan fingerprint density at radius 2 is 1.57 bits per heavy atom. The summed E-state index contributed by atoms with van der Waals surface area (Å²) in [6.07, 6.45) is 0.690. The summed E-state index contributed by atoms with van der Waals surface area (Å²) in [7, 11) is 0. The van der Waals surface area contributed by atoms with Crippen molar-refractivity contribution in [1.29, 1.82) is 0 Å². The molecule has 0 spiro atoms. The van der Waals surface area contributed by atoms with E-state index in [-0.39, 0.29) is 5.75 Å². The maximum Gasteiger partial charge on any atom is 0.321 e. The Kier molecular flexibility index (Phi) is 6.79. The average Bonchev–Trinajstić information content (AvgIpc) is 2.72. The largest absolute Gasteiger partial charge is 0.480 e. The molecule has 3 rings (SSSR count). The molecule has 144 valence electrons. The molecule has 28 heavy (non-hydrogen) atoms. The lowest BCUT2D eigenvalue weighted by atomic mass is 9.85. The number of aliphatic carboxylic acids is 1. The fourth-order valence-electron chi connectivity index (χ4n) is 3.22. The Bertz CT molecular complexity index is 920. The van der Waals surface area contributed by atoms with E-state index in [1.807, 2.05) is 60.7 Å². The highest BCUT2D eigenvalue weighted by atomic mass is 35.5. The Hall–Kier alpha value is -2.27. The molecule has 3 aromatic rings. The van der Waals surface area contributed by atoms with Gasteiger partial charge in [0.2, 0.25) is 0 Å².